The fourth-order valence-corrected chi connectivity index (χ4v) is 5.36. The van der Waals surface area contributed by atoms with E-state index in [0.717, 1.165) is 30.6 Å². The molecule has 0 bridgehead atoms. The lowest BCUT2D eigenvalue weighted by molar-refractivity contribution is -0.120. The summed E-state index contributed by atoms with van der Waals surface area (Å²) in [6, 6.07) is 1.43. The fraction of sp³-hybridized carbons (Fsp3) is 0.600. The van der Waals surface area contributed by atoms with Gasteiger partial charge in [0.2, 0.25) is 15.9 Å². The van der Waals surface area contributed by atoms with Crippen LogP contribution in [-0.2, 0) is 14.8 Å². The molecule has 1 saturated heterocycles. The van der Waals surface area contributed by atoms with Crippen LogP contribution in [0.2, 0.25) is 0 Å². The molecule has 0 aromatic carbocycles. The molecule has 0 spiro atoms. The summed E-state index contributed by atoms with van der Waals surface area (Å²) in [5, 5.41) is 6.73. The summed E-state index contributed by atoms with van der Waals surface area (Å²) in [5.41, 5.74) is 0. The van der Waals surface area contributed by atoms with E-state index in [-0.39, 0.29) is 28.3 Å². The number of carbonyl (C=O) groups is 2. The van der Waals surface area contributed by atoms with Gasteiger partial charge in [0.1, 0.15) is 9.77 Å². The standard InChI is InChI=1S/C15H23N3O4S2/c1-11(2)17-13(19)10-16-15(20)14-12(6-9-23-14)24(21,22)18-7-4-3-5-8-18/h6,9,11H,3-5,7-8,10H2,1-2H3,(H,16,20)(H,17,19). The molecule has 0 saturated carbocycles. The van der Waals surface area contributed by atoms with E-state index in [0.29, 0.717) is 13.1 Å². The van der Waals surface area contributed by atoms with Crippen LogP contribution in [-0.4, -0.2) is 50.2 Å². The van der Waals surface area contributed by atoms with Crippen molar-refractivity contribution < 1.29 is 18.0 Å². The topological polar surface area (TPSA) is 95.6 Å². The smallest absolute Gasteiger partial charge is 0.263 e. The van der Waals surface area contributed by atoms with E-state index < -0.39 is 15.9 Å². The monoisotopic (exact) mass is 373 g/mol. The Kier molecular flexibility index (Phi) is 6.36. The predicted octanol–water partition coefficient (Wildman–Crippen LogP) is 1.18. The maximum atomic E-state index is 12.7. The zero-order valence-electron chi connectivity index (χ0n) is 13.9. The van der Waals surface area contributed by atoms with Crippen molar-refractivity contribution in [2.24, 2.45) is 0 Å². The van der Waals surface area contributed by atoms with Crippen molar-refractivity contribution in [3.63, 3.8) is 0 Å². The van der Waals surface area contributed by atoms with Gasteiger partial charge in [-0.15, -0.1) is 11.3 Å². The second-order valence-electron chi connectivity index (χ2n) is 5.98. The Balaban J connectivity index is 2.09. The zero-order chi connectivity index (χ0) is 17.7. The average molecular weight is 374 g/mol. The van der Waals surface area contributed by atoms with Crippen LogP contribution in [0.3, 0.4) is 0 Å². The summed E-state index contributed by atoms with van der Waals surface area (Å²) >= 11 is 1.06. The first-order valence-electron chi connectivity index (χ1n) is 7.97. The van der Waals surface area contributed by atoms with Crippen molar-refractivity contribution in [2.75, 3.05) is 19.6 Å². The molecule has 2 N–H and O–H groups in total. The average Bonchev–Trinajstić information content (AvgIpc) is 3.03. The maximum absolute atomic E-state index is 12.7. The third kappa shape index (κ3) is 4.55. The number of sulfonamides is 1. The molecule has 7 nitrogen and oxygen atoms in total. The van der Waals surface area contributed by atoms with Gasteiger partial charge < -0.3 is 10.6 Å². The molecule has 2 heterocycles. The minimum Gasteiger partial charge on any atom is -0.352 e. The van der Waals surface area contributed by atoms with Crippen LogP contribution in [0.5, 0.6) is 0 Å². The molecule has 2 amide bonds. The molecule has 0 aliphatic carbocycles. The molecule has 0 radical (unpaired) electrons. The summed E-state index contributed by atoms with van der Waals surface area (Å²) in [7, 11) is -3.67. The van der Waals surface area contributed by atoms with Gasteiger partial charge in [-0.25, -0.2) is 8.42 Å². The molecule has 1 fully saturated rings. The number of rotatable bonds is 6. The highest BCUT2D eigenvalue weighted by Crippen LogP contribution is 2.27. The lowest BCUT2D eigenvalue weighted by Gasteiger charge is -2.25. The number of amides is 2. The van der Waals surface area contributed by atoms with E-state index in [1.54, 1.807) is 5.38 Å². The van der Waals surface area contributed by atoms with Gasteiger partial charge in [0.15, 0.2) is 0 Å². The van der Waals surface area contributed by atoms with Crippen molar-refractivity contribution in [3.05, 3.63) is 16.3 Å². The van der Waals surface area contributed by atoms with Crippen LogP contribution in [0.4, 0.5) is 0 Å². The third-order valence-corrected chi connectivity index (χ3v) is 6.61. The quantitative estimate of drug-likeness (QED) is 0.783. The molecule has 9 heteroatoms. The van der Waals surface area contributed by atoms with Gasteiger partial charge in [-0.1, -0.05) is 6.42 Å². The highest BCUT2D eigenvalue weighted by Gasteiger charge is 2.31. The fourth-order valence-electron chi connectivity index (χ4n) is 2.52. The number of carbonyl (C=O) groups excluding carboxylic acids is 2. The van der Waals surface area contributed by atoms with E-state index in [1.165, 1.54) is 10.4 Å². The van der Waals surface area contributed by atoms with Gasteiger partial charge >= 0.3 is 0 Å². The molecule has 134 valence electrons. The SMILES string of the molecule is CC(C)NC(=O)CNC(=O)c1sccc1S(=O)(=O)N1CCCCC1. The highest BCUT2D eigenvalue weighted by atomic mass is 32.2. The Hall–Kier alpha value is -1.45. The molecule has 1 aliphatic rings. The first-order chi connectivity index (χ1) is 11.3. The van der Waals surface area contributed by atoms with Crippen molar-refractivity contribution in [1.29, 1.82) is 0 Å². The molecule has 2 rings (SSSR count). The summed E-state index contributed by atoms with van der Waals surface area (Å²) < 4.78 is 26.9. The van der Waals surface area contributed by atoms with Crippen molar-refractivity contribution in [3.8, 4) is 0 Å². The minimum atomic E-state index is -3.67. The van der Waals surface area contributed by atoms with Gasteiger partial charge in [-0.05, 0) is 38.1 Å². The zero-order valence-corrected chi connectivity index (χ0v) is 15.5. The first kappa shape index (κ1) is 18.9. The molecular formula is C15H23N3O4S2. The number of piperidine rings is 1. The molecule has 1 aromatic rings. The molecular weight excluding hydrogens is 350 g/mol. The van der Waals surface area contributed by atoms with E-state index in [1.807, 2.05) is 13.8 Å². The second kappa shape index (κ2) is 8.09. The normalized spacial score (nSPS) is 16.1. The predicted molar refractivity (Wildman–Crippen MR) is 92.5 cm³/mol. The Labute approximate surface area is 146 Å². The number of hydrogen-bond acceptors (Lipinski definition) is 5. The van der Waals surface area contributed by atoms with Gasteiger partial charge in [-0.3, -0.25) is 9.59 Å². The maximum Gasteiger partial charge on any atom is 0.263 e. The van der Waals surface area contributed by atoms with Gasteiger partial charge in [0.25, 0.3) is 5.91 Å². The summed E-state index contributed by atoms with van der Waals surface area (Å²) in [4.78, 5) is 24.0. The van der Waals surface area contributed by atoms with Crippen LogP contribution >= 0.6 is 11.3 Å². The van der Waals surface area contributed by atoms with E-state index >= 15 is 0 Å². The van der Waals surface area contributed by atoms with E-state index in [2.05, 4.69) is 10.6 Å². The summed E-state index contributed by atoms with van der Waals surface area (Å²) in [6.07, 6.45) is 2.69. The van der Waals surface area contributed by atoms with E-state index in [4.69, 9.17) is 0 Å². The highest BCUT2D eigenvalue weighted by molar-refractivity contribution is 7.89. The van der Waals surface area contributed by atoms with Crippen LogP contribution < -0.4 is 10.6 Å². The lowest BCUT2D eigenvalue weighted by atomic mass is 10.2. The summed E-state index contributed by atoms with van der Waals surface area (Å²) in [5.74, 6) is -0.852. The van der Waals surface area contributed by atoms with Gasteiger partial charge in [-0.2, -0.15) is 4.31 Å². The summed E-state index contributed by atoms with van der Waals surface area (Å²) in [6.45, 7) is 4.43. The van der Waals surface area contributed by atoms with Crippen LogP contribution in [0.1, 0.15) is 42.8 Å². The van der Waals surface area contributed by atoms with Crippen molar-refractivity contribution in [2.45, 2.75) is 44.0 Å². The number of nitrogens with zero attached hydrogens (tertiary/aromatic N) is 1. The molecule has 0 atom stereocenters. The van der Waals surface area contributed by atoms with E-state index in [9.17, 15) is 18.0 Å². The Morgan fingerprint density at radius 2 is 1.92 bits per heavy atom. The van der Waals surface area contributed by atoms with Gasteiger partial charge in [0.05, 0.1) is 6.54 Å². The molecule has 0 unspecified atom stereocenters. The largest absolute Gasteiger partial charge is 0.352 e. The lowest BCUT2D eigenvalue weighted by Crippen LogP contribution is -2.40. The van der Waals surface area contributed by atoms with Crippen LogP contribution in [0, 0.1) is 0 Å². The van der Waals surface area contributed by atoms with Crippen molar-refractivity contribution in [1.82, 2.24) is 14.9 Å². The Morgan fingerprint density at radius 1 is 1.25 bits per heavy atom. The second-order valence-corrected chi connectivity index (χ2v) is 8.81. The van der Waals surface area contributed by atoms with Crippen LogP contribution in [0.15, 0.2) is 16.3 Å². The minimum absolute atomic E-state index is 0.0221. The number of nitrogens with one attached hydrogen (secondary N) is 2. The van der Waals surface area contributed by atoms with Crippen LogP contribution in [0.25, 0.3) is 0 Å². The molecule has 24 heavy (non-hydrogen) atoms. The molecule has 1 aromatic heterocycles. The van der Waals surface area contributed by atoms with Crippen molar-refractivity contribution >= 4 is 33.2 Å². The molecule has 1 aliphatic heterocycles. The third-order valence-electron chi connectivity index (χ3n) is 3.63. The Bertz CT molecular complexity index is 691. The van der Waals surface area contributed by atoms with Gasteiger partial charge in [0, 0.05) is 19.1 Å². The first-order valence-corrected chi connectivity index (χ1v) is 10.3. The Morgan fingerprint density at radius 3 is 2.54 bits per heavy atom. The number of thiophene rings is 1. The number of hydrogen-bond donors (Lipinski definition) is 2.